The van der Waals surface area contributed by atoms with Crippen LogP contribution >= 0.6 is 0 Å². The number of aliphatic carboxylic acids is 1. The van der Waals surface area contributed by atoms with Crippen LogP contribution < -0.4 is 0 Å². The van der Waals surface area contributed by atoms with Gasteiger partial charge in [-0.15, -0.1) is 0 Å². The van der Waals surface area contributed by atoms with Crippen LogP contribution in [0.3, 0.4) is 0 Å². The molecular formula is C38H74NO8+. The zero-order valence-electron chi connectivity index (χ0n) is 31.2. The molecule has 47 heavy (non-hydrogen) atoms. The number of ether oxygens (including phenoxy) is 4. The van der Waals surface area contributed by atoms with Crippen molar-refractivity contribution in [3.8, 4) is 0 Å². The number of hydrogen-bond donors (Lipinski definition) is 1. The van der Waals surface area contributed by atoms with Crippen LogP contribution in [0.2, 0.25) is 0 Å². The number of carbonyl (C=O) groups excluding carboxylic acids is 2. The second-order valence-corrected chi connectivity index (χ2v) is 14.3. The van der Waals surface area contributed by atoms with Crippen molar-refractivity contribution in [3.05, 3.63) is 0 Å². The maximum Gasteiger partial charge on any atom is 0.361 e. The van der Waals surface area contributed by atoms with Crippen molar-refractivity contribution in [2.24, 2.45) is 0 Å². The Morgan fingerprint density at radius 3 is 1.36 bits per heavy atom. The molecule has 0 bridgehead atoms. The normalized spacial score (nSPS) is 13.0. The molecule has 0 rings (SSSR count). The average molecular weight is 673 g/mol. The predicted molar refractivity (Wildman–Crippen MR) is 189 cm³/mol. The zero-order valence-corrected chi connectivity index (χ0v) is 31.2. The van der Waals surface area contributed by atoms with Gasteiger partial charge in [0.25, 0.3) is 6.29 Å². The highest BCUT2D eigenvalue weighted by Gasteiger charge is 2.25. The molecule has 0 saturated heterocycles. The largest absolute Gasteiger partial charge is 0.477 e. The van der Waals surface area contributed by atoms with Crippen LogP contribution in [0.15, 0.2) is 0 Å². The van der Waals surface area contributed by atoms with Gasteiger partial charge in [0.15, 0.2) is 6.10 Å². The number of rotatable bonds is 35. The maximum absolute atomic E-state index is 12.6. The molecule has 9 nitrogen and oxygen atoms in total. The Kier molecular flexibility index (Phi) is 30.4. The molecule has 9 heteroatoms. The number of esters is 2. The van der Waals surface area contributed by atoms with Crippen LogP contribution in [0.5, 0.6) is 0 Å². The van der Waals surface area contributed by atoms with Gasteiger partial charge >= 0.3 is 17.9 Å². The summed E-state index contributed by atoms with van der Waals surface area (Å²) in [6.45, 7) is 4.85. The van der Waals surface area contributed by atoms with Crippen molar-refractivity contribution >= 4 is 17.9 Å². The van der Waals surface area contributed by atoms with Crippen LogP contribution in [0.4, 0.5) is 0 Å². The lowest BCUT2D eigenvalue weighted by Gasteiger charge is -2.25. The molecule has 0 radical (unpaired) electrons. The molecule has 0 aromatic heterocycles. The van der Waals surface area contributed by atoms with E-state index in [0.29, 0.717) is 17.4 Å². The summed E-state index contributed by atoms with van der Waals surface area (Å²) in [5.74, 6) is -2.00. The lowest BCUT2D eigenvalue weighted by atomic mass is 10.1. The first-order valence-electron chi connectivity index (χ1n) is 19.2. The predicted octanol–water partition coefficient (Wildman–Crippen LogP) is 8.99. The Hall–Kier alpha value is -1.71. The van der Waals surface area contributed by atoms with Gasteiger partial charge in [0.05, 0.1) is 34.4 Å². The van der Waals surface area contributed by atoms with E-state index in [2.05, 4.69) is 13.8 Å². The third-order valence-corrected chi connectivity index (χ3v) is 8.36. The minimum atomic E-state index is -1.50. The topological polar surface area (TPSA) is 108 Å². The highest BCUT2D eigenvalue weighted by molar-refractivity contribution is 5.71. The summed E-state index contributed by atoms with van der Waals surface area (Å²) < 4.78 is 22.6. The Balaban J connectivity index is 4.53. The summed E-state index contributed by atoms with van der Waals surface area (Å²) >= 11 is 0. The highest BCUT2D eigenvalue weighted by atomic mass is 16.7. The molecule has 0 amide bonds. The SMILES string of the molecule is CCCCCCCCCCCCCC(=O)OCC(COC(OCC[N+](C)(C)C)C(=O)O)OC(=O)CCCCCCCCCCCCC. The van der Waals surface area contributed by atoms with Gasteiger partial charge in [0, 0.05) is 12.8 Å². The molecule has 0 aromatic carbocycles. The fraction of sp³-hybridized carbons (Fsp3) is 0.921. The number of unbranched alkanes of at least 4 members (excludes halogenated alkanes) is 20. The second-order valence-electron chi connectivity index (χ2n) is 14.3. The molecule has 1 N–H and O–H groups in total. The quantitative estimate of drug-likeness (QED) is 0.0308. The summed E-state index contributed by atoms with van der Waals surface area (Å²) in [4.78, 5) is 36.8. The Morgan fingerprint density at radius 2 is 0.957 bits per heavy atom. The van der Waals surface area contributed by atoms with Crippen LogP contribution in [-0.4, -0.2) is 87.4 Å². The van der Waals surface area contributed by atoms with Gasteiger partial charge in [-0.25, -0.2) is 4.79 Å². The molecule has 0 fully saturated rings. The third kappa shape index (κ3) is 32.6. The van der Waals surface area contributed by atoms with E-state index in [9.17, 15) is 19.5 Å². The molecule has 0 aliphatic carbocycles. The van der Waals surface area contributed by atoms with Crippen molar-refractivity contribution in [2.75, 3.05) is 47.5 Å². The Bertz CT molecular complexity index is 754. The molecule has 0 spiro atoms. The van der Waals surface area contributed by atoms with Crippen LogP contribution in [0.25, 0.3) is 0 Å². The maximum atomic E-state index is 12.6. The Morgan fingerprint density at radius 1 is 0.553 bits per heavy atom. The monoisotopic (exact) mass is 673 g/mol. The van der Waals surface area contributed by atoms with E-state index in [-0.39, 0.29) is 32.2 Å². The van der Waals surface area contributed by atoms with E-state index in [0.717, 1.165) is 38.5 Å². The van der Waals surface area contributed by atoms with Crippen molar-refractivity contribution in [1.29, 1.82) is 0 Å². The molecule has 0 aliphatic heterocycles. The summed E-state index contributed by atoms with van der Waals surface area (Å²) in [5, 5.41) is 9.57. The van der Waals surface area contributed by atoms with Crippen LogP contribution in [0.1, 0.15) is 168 Å². The fourth-order valence-corrected chi connectivity index (χ4v) is 5.31. The van der Waals surface area contributed by atoms with Gasteiger partial charge in [-0.3, -0.25) is 9.59 Å². The molecule has 0 aliphatic rings. The summed E-state index contributed by atoms with van der Waals surface area (Å²) in [6, 6.07) is 0. The number of likely N-dealkylation sites (N-methyl/N-ethyl adjacent to an activating group) is 1. The number of quaternary nitrogens is 1. The number of carbonyl (C=O) groups is 3. The van der Waals surface area contributed by atoms with E-state index >= 15 is 0 Å². The van der Waals surface area contributed by atoms with E-state index < -0.39 is 24.3 Å². The number of hydrogen-bond acceptors (Lipinski definition) is 7. The van der Waals surface area contributed by atoms with Gasteiger partial charge in [-0.2, -0.15) is 0 Å². The summed E-state index contributed by atoms with van der Waals surface area (Å²) in [5.41, 5.74) is 0. The first kappa shape index (κ1) is 45.3. The number of nitrogens with zero attached hydrogens (tertiary/aromatic N) is 1. The summed E-state index contributed by atoms with van der Waals surface area (Å²) in [7, 11) is 5.95. The van der Waals surface area contributed by atoms with Crippen molar-refractivity contribution < 1.29 is 42.9 Å². The van der Waals surface area contributed by atoms with Crippen LogP contribution in [-0.2, 0) is 33.3 Å². The molecule has 2 atom stereocenters. The van der Waals surface area contributed by atoms with Gasteiger partial charge in [0.1, 0.15) is 13.2 Å². The van der Waals surface area contributed by atoms with Gasteiger partial charge in [-0.05, 0) is 12.8 Å². The average Bonchev–Trinajstić information content (AvgIpc) is 3.02. The molecular weight excluding hydrogens is 598 g/mol. The van der Waals surface area contributed by atoms with Crippen molar-refractivity contribution in [3.63, 3.8) is 0 Å². The van der Waals surface area contributed by atoms with E-state index in [1.165, 1.54) is 103 Å². The zero-order chi connectivity index (χ0) is 35.0. The van der Waals surface area contributed by atoms with Crippen LogP contribution in [0, 0.1) is 0 Å². The molecule has 0 saturated carbocycles. The number of carboxylic acids is 1. The van der Waals surface area contributed by atoms with Gasteiger partial charge in [-0.1, -0.05) is 142 Å². The first-order chi connectivity index (χ1) is 22.6. The fourth-order valence-electron chi connectivity index (χ4n) is 5.31. The first-order valence-corrected chi connectivity index (χ1v) is 19.2. The minimum Gasteiger partial charge on any atom is -0.477 e. The van der Waals surface area contributed by atoms with E-state index in [4.69, 9.17) is 18.9 Å². The Labute approximate surface area is 288 Å². The second kappa shape index (κ2) is 31.6. The third-order valence-electron chi connectivity index (χ3n) is 8.36. The van der Waals surface area contributed by atoms with Crippen molar-refractivity contribution in [1.82, 2.24) is 0 Å². The van der Waals surface area contributed by atoms with E-state index in [1.807, 2.05) is 21.1 Å². The number of carboxylic acid groups (broad SMARTS) is 1. The van der Waals surface area contributed by atoms with Crippen molar-refractivity contribution in [2.45, 2.75) is 180 Å². The summed E-state index contributed by atoms with van der Waals surface area (Å²) in [6.07, 6.45) is 24.4. The standard InChI is InChI=1S/C38H73NO8/c1-6-8-10-12-14-16-18-20-22-24-26-28-35(40)45-32-34(33-46-38(37(42)43)44-31-30-39(3,4)5)47-36(41)29-27-25-23-21-19-17-15-13-11-9-7-2/h34,38H,6-33H2,1-5H3/p+1. The molecule has 278 valence electrons. The van der Waals surface area contributed by atoms with Gasteiger partial charge in [0.2, 0.25) is 0 Å². The lowest BCUT2D eigenvalue weighted by Crippen LogP contribution is -2.40. The smallest absolute Gasteiger partial charge is 0.361 e. The van der Waals surface area contributed by atoms with Gasteiger partial charge < -0.3 is 28.5 Å². The van der Waals surface area contributed by atoms with E-state index in [1.54, 1.807) is 0 Å². The highest BCUT2D eigenvalue weighted by Crippen LogP contribution is 2.14. The molecule has 0 aromatic rings. The molecule has 0 heterocycles. The minimum absolute atomic E-state index is 0.175. The molecule has 2 unspecified atom stereocenters. The lowest BCUT2D eigenvalue weighted by molar-refractivity contribution is -0.870.